The lowest BCUT2D eigenvalue weighted by molar-refractivity contribution is -0.888. The standard InChI is InChI=1S/C18H19N2O5.C16H29N3O4S3.C12H22N2O2S.C12H16N2O.C12H24NO2S2.C10H19NO5/c21-16-14(25-18(23)17(16)22)9-8-10-4-3-7-13-15(10)19-11-5-1-2-6-12(11)20(13)24;17-11(9-15(21)22)5-7-18-16(23)13(10-24)19-14(20)4-2-1-3-12-6-8-25-26-12;1-13-7-2-5-11-17(15,16)12-6-10-14-8-3-4-9-14;1-9(15)13-7-6-10-8-14-12-5-3-2-4-11(10)12;1-13(2,3)10-15-12(14)7-5-4-6-11-8-9-16-17-11;12-8-7(16-10(14)9(8)13)5-15-6-2-1-3-11-4-6/h1-7,14,16-18,21-23H,8-9H2,(H,19,24);11-13,24H,1-10,17H2,(H,18,23)(H,19,20)(H,21,22);2-12H2;2-5,10,14H,6-8H2,1H3,(H,13,15);11H,4-10H2,1-3H3;6-14H,1-5H2/q+1;;;;+1;. The third-order valence-corrected chi connectivity index (χ3v) is 28.5. The molecule has 7 aliphatic rings. The molecule has 15 N–H and O–H groups in total. The number of H-pyrrole nitrogens is 1. The fourth-order valence-corrected chi connectivity index (χ4v) is 21.4. The van der Waals surface area contributed by atoms with Gasteiger partial charge in [0.05, 0.1) is 62.3 Å². The summed E-state index contributed by atoms with van der Waals surface area (Å²) in [6.07, 6.45) is 10.1. The Morgan fingerprint density at radius 3 is 2.02 bits per heavy atom. The Morgan fingerprint density at radius 2 is 1.41 bits per heavy atom. The van der Waals surface area contributed by atoms with Crippen LogP contribution in [-0.2, 0) is 59.2 Å². The van der Waals surface area contributed by atoms with E-state index in [4.69, 9.17) is 36.4 Å². The molecule has 0 saturated carbocycles. The fraction of sp³-hybridized carbons (Fsp3) is 0.700. The molecule has 30 nitrogen and oxygen atoms in total. The van der Waals surface area contributed by atoms with Crippen LogP contribution in [0.15, 0.2) is 66.7 Å². The van der Waals surface area contributed by atoms with Crippen molar-refractivity contribution in [2.45, 2.75) is 232 Å². The second kappa shape index (κ2) is 54.3. The van der Waals surface area contributed by atoms with Crippen LogP contribution in [0.25, 0.3) is 26.9 Å². The summed E-state index contributed by atoms with van der Waals surface area (Å²) >= 11 is 4.12. The molecule has 14 unspecified atom stereocenters. The number of unbranched alkanes of at least 4 members (excludes halogenated alkanes) is 3. The van der Waals surface area contributed by atoms with E-state index in [0.29, 0.717) is 90.7 Å². The van der Waals surface area contributed by atoms with Crippen LogP contribution in [-0.4, -0.2) is 288 Å². The highest BCUT2D eigenvalue weighted by Crippen LogP contribution is 2.41. The van der Waals surface area contributed by atoms with E-state index >= 15 is 0 Å². The first-order chi connectivity index (χ1) is 55.5. The normalized spacial score (nSPS) is 24.0. The Bertz CT molecular complexity index is 3790. The number of hydrogen-bond acceptors (Lipinski definition) is 27. The molecule has 4 aromatic rings. The molecule has 14 atom stereocenters. The van der Waals surface area contributed by atoms with E-state index in [2.05, 4.69) is 72.1 Å². The van der Waals surface area contributed by atoms with E-state index in [0.717, 1.165) is 130 Å². The SMILES string of the molecule is CC(=O)NCCC1CNc2ccccc21.C[N+](C)(C)COC(=O)CCCCC1CCSS1.NC(CCNC(=O)C(CS)NC(=O)CCCCC1CCSS1)CC(=O)O.O=[n+]1c2ccccc2[nH]c2c(CCC3OC(O)C(O)C3O)cccc21.OC1OC(COC2CCCNC2)C(O)C1O.[C-]#[N+]CCCCS(=O)(=O)CCCN1CCCC1. The van der Waals surface area contributed by atoms with Gasteiger partial charge in [0.25, 0.3) is 11.0 Å². The number of para-hydroxylation sites is 4. The molecule has 6 saturated heterocycles. The molecular weight excluding hydrogens is 1610 g/mol. The maximum absolute atomic E-state index is 12.6. The minimum absolute atomic E-state index is 0.0495. The van der Waals surface area contributed by atoms with Crippen molar-refractivity contribution < 1.29 is 96.0 Å². The maximum atomic E-state index is 12.6. The van der Waals surface area contributed by atoms with Crippen LogP contribution < -0.4 is 36.7 Å². The number of esters is 1. The molecule has 116 heavy (non-hydrogen) atoms. The number of likely N-dealkylation sites (tertiary alicyclic amines) is 1. The van der Waals surface area contributed by atoms with Crippen LogP contribution in [0.2, 0.25) is 0 Å². The number of thiol groups is 1. The van der Waals surface area contributed by atoms with Gasteiger partial charge in [0.2, 0.25) is 31.0 Å². The third-order valence-electron chi connectivity index (χ3n) is 20.3. The number of fused-ring (bicyclic) bond motifs is 3. The molecule has 36 heteroatoms. The van der Waals surface area contributed by atoms with E-state index in [-0.39, 0.29) is 60.9 Å². The number of carboxylic acids is 1. The first-order valence-corrected chi connectivity index (χ1v) is 47.9. The first kappa shape index (κ1) is 99.7. The number of carboxylic acid groups (broad SMARTS) is 1. The number of hydrogen-bond donors (Lipinski definition) is 15. The van der Waals surface area contributed by atoms with E-state index in [9.17, 15) is 67.9 Å². The predicted octanol–water partition coefficient (Wildman–Crippen LogP) is 6.44. The topological polar surface area (TPSA) is 431 Å². The second-order valence-corrected chi connectivity index (χ2v) is 39.3. The van der Waals surface area contributed by atoms with Gasteiger partial charge in [-0.25, -0.2) is 15.0 Å². The van der Waals surface area contributed by atoms with Gasteiger partial charge in [-0.15, -0.1) is 0 Å². The Balaban J connectivity index is 0.000000219. The summed E-state index contributed by atoms with van der Waals surface area (Å²) in [4.78, 5) is 78.3. The fourth-order valence-electron chi connectivity index (χ4n) is 13.7. The van der Waals surface area contributed by atoms with Crippen molar-refractivity contribution in [2.75, 3.05) is 127 Å². The van der Waals surface area contributed by atoms with Crippen molar-refractivity contribution in [3.05, 3.63) is 94.2 Å². The highest BCUT2D eigenvalue weighted by atomic mass is 33.1. The van der Waals surface area contributed by atoms with E-state index in [1.165, 1.54) is 54.9 Å². The van der Waals surface area contributed by atoms with Gasteiger partial charge in [-0.1, -0.05) is 98.5 Å². The van der Waals surface area contributed by atoms with Crippen molar-refractivity contribution in [1.29, 1.82) is 0 Å². The van der Waals surface area contributed by atoms with Gasteiger partial charge in [0.1, 0.15) is 57.4 Å². The van der Waals surface area contributed by atoms with Gasteiger partial charge in [-0.2, -0.15) is 12.6 Å². The molecule has 0 radical (unpaired) electrons. The minimum atomic E-state index is -2.88. The number of anilines is 1. The zero-order chi connectivity index (χ0) is 84.4. The van der Waals surface area contributed by atoms with Crippen LogP contribution in [0.5, 0.6) is 0 Å². The number of amides is 3. The summed E-state index contributed by atoms with van der Waals surface area (Å²) in [7, 11) is 11.0. The first-order valence-electron chi connectivity index (χ1n) is 40.7. The van der Waals surface area contributed by atoms with Gasteiger partial charge < -0.3 is 102 Å². The summed E-state index contributed by atoms with van der Waals surface area (Å²) in [6.45, 7) is 16.3. The van der Waals surface area contributed by atoms with Crippen LogP contribution in [0, 0.1) is 11.5 Å². The number of piperidine rings is 1. The zero-order valence-corrected chi connectivity index (χ0v) is 72.7. The Hall–Kier alpha value is -5.12. The summed E-state index contributed by atoms with van der Waals surface area (Å²) in [5.41, 5.74) is 11.7. The van der Waals surface area contributed by atoms with Gasteiger partial charge in [-0.3, -0.25) is 28.5 Å². The number of benzene rings is 3. The minimum Gasteiger partial charge on any atom is -0.481 e. The molecule has 0 spiro atoms. The zero-order valence-electron chi connectivity index (χ0n) is 67.7. The van der Waals surface area contributed by atoms with Crippen LogP contribution in [0.1, 0.15) is 159 Å². The molecule has 1 aromatic heterocycles. The summed E-state index contributed by atoms with van der Waals surface area (Å²) < 4.78 is 45.9. The molecule has 0 aliphatic carbocycles. The molecular formula is C80H129N11O19S6+2. The molecule has 3 amide bonds. The lowest BCUT2D eigenvalue weighted by atomic mass is 9.98. The highest BCUT2D eigenvalue weighted by molar-refractivity contribution is 8.77. The number of aliphatic hydroxyl groups is 6. The summed E-state index contributed by atoms with van der Waals surface area (Å²) in [5, 5.41) is 81.9. The molecule has 7 aliphatic heterocycles. The van der Waals surface area contributed by atoms with Crippen LogP contribution in [0.4, 0.5) is 5.69 Å². The number of aromatic amines is 1. The average Bonchev–Trinajstić information content (AvgIpc) is 1.02. The van der Waals surface area contributed by atoms with Crippen LogP contribution in [0.3, 0.4) is 0 Å². The number of carbonyl (C=O) groups is 5. The van der Waals surface area contributed by atoms with E-state index < -0.39 is 77.1 Å². The number of rotatable bonds is 37. The number of nitrogens with zero attached hydrogens (tertiary/aromatic N) is 4. The van der Waals surface area contributed by atoms with Gasteiger partial charge in [0, 0.05) is 115 Å². The number of aliphatic carboxylic acids is 1. The highest BCUT2D eigenvalue weighted by Gasteiger charge is 2.43. The van der Waals surface area contributed by atoms with E-state index in [1.54, 1.807) is 19.1 Å². The van der Waals surface area contributed by atoms with Crippen molar-refractivity contribution in [3.63, 3.8) is 0 Å². The summed E-state index contributed by atoms with van der Waals surface area (Å²) in [6, 6.07) is 19.9. The van der Waals surface area contributed by atoms with Crippen molar-refractivity contribution >= 4 is 123 Å². The molecule has 6 fully saturated rings. The van der Waals surface area contributed by atoms with Crippen molar-refractivity contribution in [1.82, 2.24) is 31.2 Å². The second-order valence-electron chi connectivity index (χ2n) is 31.1. The number of nitrogens with two attached hydrogens (primary N) is 1. The predicted molar refractivity (Wildman–Crippen MR) is 462 cm³/mol. The number of aryl methyl sites for hydroxylation is 1. The Kier molecular flexibility index (Phi) is 46.7. The van der Waals surface area contributed by atoms with Gasteiger partial charge in [-0.05, 0) is 152 Å². The molecule has 0 bridgehead atoms. The Morgan fingerprint density at radius 1 is 0.759 bits per heavy atom. The van der Waals surface area contributed by atoms with Gasteiger partial charge >= 0.3 is 11.9 Å². The average molecular weight is 1740 g/mol. The number of ether oxygens (including phenoxy) is 4. The lowest BCUT2D eigenvalue weighted by Crippen LogP contribution is -2.48. The molecule has 652 valence electrons. The Labute approximate surface area is 705 Å². The van der Waals surface area contributed by atoms with Crippen molar-refractivity contribution in [3.8, 4) is 0 Å². The number of aromatic nitrogens is 2. The smallest absolute Gasteiger partial charge is 0.310 e. The quantitative estimate of drug-likeness (QED) is 0.00266. The largest absolute Gasteiger partial charge is 0.481 e. The number of sulfone groups is 1. The van der Waals surface area contributed by atoms with Gasteiger partial charge in [0.15, 0.2) is 12.6 Å². The number of quaternary nitrogens is 1. The number of carbonyl (C=O) groups excluding carboxylic acids is 4. The molecule has 11 rings (SSSR count). The third kappa shape index (κ3) is 37.9. The number of aliphatic hydroxyl groups excluding tert-OH is 6. The number of nitrogens with one attached hydrogen (secondary N) is 6. The summed E-state index contributed by atoms with van der Waals surface area (Å²) in [5.74, 6) is 2.38. The van der Waals surface area contributed by atoms with E-state index in [1.807, 2.05) is 101 Å². The lowest BCUT2D eigenvalue weighted by Gasteiger charge is -2.25. The van der Waals surface area contributed by atoms with Crippen molar-refractivity contribution in [2.24, 2.45) is 5.73 Å². The molecule has 8 heterocycles. The maximum Gasteiger partial charge on any atom is 0.310 e. The monoisotopic (exact) mass is 1740 g/mol. The molecule has 3 aromatic carbocycles. The van der Waals surface area contributed by atoms with Crippen LogP contribution >= 0.6 is 55.8 Å².